The zero-order valence-electron chi connectivity index (χ0n) is 76.8. The predicted octanol–water partition coefficient (Wildman–Crippen LogP) is 7.95. The number of aliphatic hydroxyl groups excluding tert-OH is 21. The van der Waals surface area contributed by atoms with Gasteiger partial charge in [-0.2, -0.15) is 0 Å². The summed E-state index contributed by atoms with van der Waals surface area (Å²) < 4.78 is 0. The molecule has 1 amide bonds. The summed E-state index contributed by atoms with van der Waals surface area (Å²) in [6, 6.07) is 29.4. The van der Waals surface area contributed by atoms with Gasteiger partial charge in [-0.05, 0) is 211 Å². The van der Waals surface area contributed by atoms with E-state index in [2.05, 4.69) is 19.2 Å². The molecule has 0 heterocycles. The van der Waals surface area contributed by atoms with Crippen molar-refractivity contribution in [1.82, 2.24) is 5.32 Å². The van der Waals surface area contributed by atoms with Crippen molar-refractivity contribution in [3.63, 3.8) is 0 Å². The summed E-state index contributed by atoms with van der Waals surface area (Å²) in [6.07, 6.45) is 13.6. The Bertz CT molecular complexity index is 5340. The second-order valence-electron chi connectivity index (χ2n) is 34.6. The Kier molecular flexibility index (Phi) is 39.6. The second-order valence-corrected chi connectivity index (χ2v) is 34.6. The molecule has 32 heteroatoms. The van der Waals surface area contributed by atoms with Crippen LogP contribution in [0, 0.1) is 11.3 Å². The molecule has 0 aliphatic heterocycles. The maximum absolute atomic E-state index is 11.1. The molecule has 0 radical (unpaired) electrons. The highest BCUT2D eigenvalue weighted by Crippen LogP contribution is 2.53. The SMILES string of the molecule is CC(C)(C1=CC=C(C(C)(c2cc(CO)c(O)c(CO)c2)c2cc(CO)c(O)c(CO)c2)CC1)C1=CC(CO)=C(O)C(CO)C1.CCC(=O)NCCc1cc(CO)c(O)c(CO)c1.OCc1cc(C(C2=CC=C(C(c3cc(CO)c(O)c(CO)c3)c3cc(CO)c(O)c(CO)c3)CC2)c2cc(CO)c(O)c(CO)c2)cc(CO)c1O.OCc1cc(Cc2cc(CO)c(O)c(CO)c2)cc(CO)c1O. The zero-order valence-corrected chi connectivity index (χ0v) is 76.8. The van der Waals surface area contributed by atoms with Crippen LogP contribution >= 0.6 is 0 Å². The lowest BCUT2D eigenvalue weighted by molar-refractivity contribution is -0.120. The van der Waals surface area contributed by atoms with Gasteiger partial charge in [0, 0.05) is 147 Å². The summed E-state index contributed by atoms with van der Waals surface area (Å²) in [7, 11) is 0. The summed E-state index contributed by atoms with van der Waals surface area (Å²) in [4.78, 5) is 11.1. The van der Waals surface area contributed by atoms with E-state index in [1.54, 1.807) is 116 Å². The molecule has 0 fully saturated rings. The fraction of sp³-hybridized carbons (Fsp3) is 0.362. The molecular weight excluding hydrogens is 1770 g/mol. The van der Waals surface area contributed by atoms with E-state index in [0.717, 1.165) is 44.6 Å². The highest BCUT2D eigenvalue weighted by atomic mass is 16.3. The number of hydrogen-bond donors (Lipinski definition) is 31. The van der Waals surface area contributed by atoms with Crippen molar-refractivity contribution < 1.29 is 158 Å². The molecule has 31 N–H and O–H groups in total. The molecule has 3 aliphatic carbocycles. The molecule has 12 rings (SSSR count). The molecule has 0 aromatic heterocycles. The van der Waals surface area contributed by atoms with Gasteiger partial charge in [-0.25, -0.2) is 0 Å². The van der Waals surface area contributed by atoms with Gasteiger partial charge in [-0.15, -0.1) is 0 Å². The van der Waals surface area contributed by atoms with Gasteiger partial charge < -0.3 is 159 Å². The van der Waals surface area contributed by atoms with Crippen LogP contribution in [0.2, 0.25) is 0 Å². The van der Waals surface area contributed by atoms with Gasteiger partial charge in [0.2, 0.25) is 5.91 Å². The van der Waals surface area contributed by atoms with Crippen LogP contribution in [-0.4, -0.2) is 179 Å². The van der Waals surface area contributed by atoms with E-state index in [4.69, 9.17) is 10.2 Å². The van der Waals surface area contributed by atoms with Crippen LogP contribution in [0.25, 0.3) is 0 Å². The van der Waals surface area contributed by atoms with Gasteiger partial charge in [-0.3, -0.25) is 4.79 Å². The Morgan fingerprint density at radius 1 is 0.314 bits per heavy atom. The highest BCUT2D eigenvalue weighted by molar-refractivity contribution is 5.75. The number of benzene rings is 9. The topological polar surface area (TPSA) is 636 Å². The van der Waals surface area contributed by atoms with E-state index < -0.39 is 108 Å². The maximum atomic E-state index is 11.1. The third kappa shape index (κ3) is 24.6. The van der Waals surface area contributed by atoms with Crippen molar-refractivity contribution in [2.45, 2.75) is 215 Å². The lowest BCUT2D eigenvalue weighted by Gasteiger charge is -2.40. The number of nitrogens with one attached hydrogen (secondary N) is 1. The lowest BCUT2D eigenvalue weighted by Crippen LogP contribution is -2.30. The normalized spacial score (nSPS) is 13.9. The first-order valence-electron chi connectivity index (χ1n) is 44.6. The average Bonchev–Trinajstić information content (AvgIpc) is 0.749. The van der Waals surface area contributed by atoms with Crippen LogP contribution < -0.4 is 5.32 Å². The van der Waals surface area contributed by atoms with E-state index >= 15 is 0 Å². The largest absolute Gasteiger partial charge is 0.512 e. The van der Waals surface area contributed by atoms with E-state index in [9.17, 15) is 148 Å². The Hall–Kier alpha value is -11.9. The first kappa shape index (κ1) is 109. The Morgan fingerprint density at radius 2 is 0.562 bits per heavy atom. The third-order valence-corrected chi connectivity index (χ3v) is 26.0. The van der Waals surface area contributed by atoms with Crippen molar-refractivity contribution in [3.8, 4) is 51.7 Å². The predicted molar refractivity (Wildman–Crippen MR) is 504 cm³/mol. The molecule has 32 nitrogen and oxygen atoms in total. The average molecular weight is 1900 g/mol. The maximum Gasteiger partial charge on any atom is 0.219 e. The van der Waals surface area contributed by atoms with Gasteiger partial charge in [0.25, 0.3) is 0 Å². The van der Waals surface area contributed by atoms with Crippen molar-refractivity contribution in [1.29, 1.82) is 0 Å². The minimum atomic E-state index is -0.931. The number of hydrogen-bond acceptors (Lipinski definition) is 31. The molecule has 738 valence electrons. The van der Waals surface area contributed by atoms with Crippen molar-refractivity contribution in [3.05, 3.63) is 329 Å². The number of carbonyl (C=O) groups excluding carboxylic acids is 1. The number of carbonyl (C=O) groups is 1. The molecule has 9 aromatic carbocycles. The van der Waals surface area contributed by atoms with Crippen molar-refractivity contribution in [2.24, 2.45) is 11.3 Å². The molecule has 0 spiro atoms. The fourth-order valence-electron chi connectivity index (χ4n) is 18.0. The minimum Gasteiger partial charge on any atom is -0.512 e. The molecule has 1 unspecified atom stereocenters. The van der Waals surface area contributed by atoms with Crippen LogP contribution in [0.5, 0.6) is 51.7 Å². The molecule has 3 aliphatic rings. The molecule has 1 atom stereocenters. The third-order valence-electron chi connectivity index (χ3n) is 26.0. The second kappa shape index (κ2) is 49.9. The van der Waals surface area contributed by atoms with Gasteiger partial charge in [-0.1, -0.05) is 79.0 Å². The monoisotopic (exact) mass is 1900 g/mol. The first-order valence-corrected chi connectivity index (χ1v) is 44.6. The van der Waals surface area contributed by atoms with Crippen molar-refractivity contribution in [2.75, 3.05) is 19.8 Å². The molecule has 0 saturated heterocycles. The van der Waals surface area contributed by atoms with E-state index in [1.165, 1.54) is 0 Å². The van der Waals surface area contributed by atoms with Gasteiger partial charge in [0.05, 0.1) is 132 Å². The van der Waals surface area contributed by atoms with Crippen LogP contribution in [0.15, 0.2) is 179 Å². The summed E-state index contributed by atoms with van der Waals surface area (Å²) in [5, 5.41) is 302. The Labute approximate surface area is 792 Å². The number of amides is 1. The highest BCUT2D eigenvalue weighted by Gasteiger charge is 2.40. The number of phenols is 9. The van der Waals surface area contributed by atoms with E-state index in [-0.39, 0.29) is 183 Å². The van der Waals surface area contributed by atoms with Crippen LogP contribution in [0.1, 0.15) is 228 Å². The standard InChI is InChI=1S/C40H44O12.C35H44O9.C17H20O6.C13H19NO4/c41-13-27-5-23(6-28(14-42)37(27)49)35(24-7-29(15-43)38(50)30(8-24)16-44)21-1-2-22(4-3-21)36(25-9-31(17-45)39(51)32(10-25)18-46)26-11-33(19-47)40(52)34(12-26)20-48;1-34(2,28-8-20(14-36)31(42)21(9-28)15-37)26-4-6-27(7-5-26)35(3,29-10-22(16-38)32(43)23(11-29)17-39)30-12-24(18-40)33(44)25(13-30)19-41;18-6-12-2-10(3-13(7-19)16(12)22)1-11-4-14(8-20)17(23)15(5-11)9-21;1-2-12(17)14-4-3-9-5-10(7-15)13(18)11(6-9)8-16/h1-2,5-12,35-36,41-52H,3-4,13-20H2;4,6,8,10-13,21,36-44H,5,7,9,14-19H2,1-3H3;2-5,18-23H,1,6-9H2;5-6,15-16,18H,2-4,7-8H2,1H3,(H,14,17). The van der Waals surface area contributed by atoms with Crippen LogP contribution in [-0.2, 0) is 142 Å². The summed E-state index contributed by atoms with van der Waals surface area (Å²) >= 11 is 0. The zero-order chi connectivity index (χ0) is 101. The molecule has 0 bridgehead atoms. The van der Waals surface area contributed by atoms with Crippen LogP contribution in [0.4, 0.5) is 0 Å². The van der Waals surface area contributed by atoms with Gasteiger partial charge in [0.15, 0.2) is 0 Å². The lowest BCUT2D eigenvalue weighted by atomic mass is 9.64. The molecule has 9 aromatic rings. The minimum absolute atomic E-state index is 0.0152. The number of allylic oxidation sites excluding steroid dienone is 9. The number of aliphatic hydroxyl groups is 21. The summed E-state index contributed by atoms with van der Waals surface area (Å²) in [5.74, 6) is -3.37. The fourth-order valence-corrected chi connectivity index (χ4v) is 18.0. The van der Waals surface area contributed by atoms with Gasteiger partial charge in [0.1, 0.15) is 57.5 Å². The van der Waals surface area contributed by atoms with E-state index in [1.807, 2.05) is 37.3 Å². The Balaban J connectivity index is 0.000000221. The smallest absolute Gasteiger partial charge is 0.219 e. The van der Waals surface area contributed by atoms with Gasteiger partial charge >= 0.3 is 0 Å². The number of aromatic hydroxyl groups is 9. The summed E-state index contributed by atoms with van der Waals surface area (Å²) in [5.41, 5.74) is 14.2. The first-order chi connectivity index (χ1) is 65.6. The quantitative estimate of drug-likeness (QED) is 0.0175. The van der Waals surface area contributed by atoms with E-state index in [0.29, 0.717) is 130 Å². The van der Waals surface area contributed by atoms with Crippen LogP contribution in [0.3, 0.4) is 0 Å². The summed E-state index contributed by atoms with van der Waals surface area (Å²) in [6.45, 7) is -0.0922. The van der Waals surface area contributed by atoms with Crippen molar-refractivity contribution >= 4 is 5.91 Å². The molecule has 0 saturated carbocycles. The Morgan fingerprint density at radius 3 is 0.796 bits per heavy atom. The molecular formula is C105H127NO31. The number of rotatable bonds is 37. The molecule has 137 heavy (non-hydrogen) atoms.